The van der Waals surface area contributed by atoms with E-state index >= 15 is 4.39 Å². The summed E-state index contributed by atoms with van der Waals surface area (Å²) < 4.78 is 19.4. The minimum atomic E-state index is -1.31. The molecule has 10 rings (SSSR count). The number of piperazine rings is 1. The first-order chi connectivity index (χ1) is 31.8. The Morgan fingerprint density at radius 2 is 1.62 bits per heavy atom. The van der Waals surface area contributed by atoms with Gasteiger partial charge in [0.25, 0.3) is 0 Å². The van der Waals surface area contributed by atoms with Gasteiger partial charge in [0.15, 0.2) is 0 Å². The number of imide groups is 1. The van der Waals surface area contributed by atoms with Crippen molar-refractivity contribution in [3.05, 3.63) is 97.6 Å². The Labute approximate surface area is 391 Å². The van der Waals surface area contributed by atoms with E-state index in [0.717, 1.165) is 56.4 Å². The van der Waals surface area contributed by atoms with E-state index in [2.05, 4.69) is 26.2 Å². The van der Waals surface area contributed by atoms with Crippen molar-refractivity contribution in [1.29, 1.82) is 0 Å². The number of imidazole rings is 1. The highest BCUT2D eigenvalue weighted by Crippen LogP contribution is 2.63. The zero-order valence-corrected chi connectivity index (χ0v) is 38.5. The summed E-state index contributed by atoms with van der Waals surface area (Å²) >= 11 is 12.9. The van der Waals surface area contributed by atoms with E-state index in [9.17, 15) is 28.8 Å². The van der Waals surface area contributed by atoms with Crippen LogP contribution >= 0.6 is 23.2 Å². The molecule has 6 aliphatic rings. The summed E-state index contributed by atoms with van der Waals surface area (Å²) in [6, 6.07) is 14.1. The van der Waals surface area contributed by atoms with Crippen molar-refractivity contribution < 1.29 is 28.4 Å². The third-order valence-electron chi connectivity index (χ3n) is 15.8. The van der Waals surface area contributed by atoms with Gasteiger partial charge in [0.2, 0.25) is 29.5 Å². The molecule has 5 fully saturated rings. The molecule has 0 radical (unpaired) electrons. The smallest absolute Gasteiger partial charge is 0.329 e. The lowest BCUT2D eigenvalue weighted by Crippen LogP contribution is -2.60. The first-order valence-electron chi connectivity index (χ1n) is 23.5. The largest absolute Gasteiger partial charge is 0.352 e. The maximum Gasteiger partial charge on any atom is 0.329 e. The monoisotopic (exact) mass is 940 g/mol. The van der Waals surface area contributed by atoms with Crippen LogP contribution in [0.4, 0.5) is 10.1 Å². The summed E-state index contributed by atoms with van der Waals surface area (Å²) in [5.41, 5.74) is 1.52. The molecule has 3 saturated heterocycles. The molecule has 2 aliphatic carbocycles. The van der Waals surface area contributed by atoms with Gasteiger partial charge in [-0.1, -0.05) is 66.7 Å². The van der Waals surface area contributed by atoms with Crippen LogP contribution in [0, 0.1) is 11.7 Å². The summed E-state index contributed by atoms with van der Waals surface area (Å²) in [6.07, 6.45) is 7.70. The maximum atomic E-state index is 16.3. The number of fused-ring (bicyclic) bond motifs is 4. The molecular formula is C49H55Cl2FN8O6. The van der Waals surface area contributed by atoms with Crippen LogP contribution in [0.15, 0.2) is 59.4 Å². The molecule has 4 aromatic rings. The Morgan fingerprint density at radius 1 is 0.864 bits per heavy atom. The molecule has 348 valence electrons. The molecule has 5 amide bonds. The molecule has 17 heteroatoms. The Morgan fingerprint density at radius 3 is 2.36 bits per heavy atom. The highest BCUT2D eigenvalue weighted by atomic mass is 35.5. The van der Waals surface area contributed by atoms with E-state index in [-0.39, 0.29) is 64.7 Å². The van der Waals surface area contributed by atoms with Crippen LogP contribution in [0.2, 0.25) is 10.0 Å². The summed E-state index contributed by atoms with van der Waals surface area (Å²) in [5.74, 6) is -2.90. The lowest BCUT2D eigenvalue weighted by molar-refractivity contribution is -0.139. The fourth-order valence-corrected chi connectivity index (χ4v) is 12.9. The van der Waals surface area contributed by atoms with Crippen LogP contribution in [0.1, 0.15) is 99.3 Å². The van der Waals surface area contributed by atoms with Gasteiger partial charge in [-0.05, 0) is 98.4 Å². The molecule has 2 spiro atoms. The SMILES string of the molecule is Cn1c(=O)n(C2CCC(=O)NC2=O)c2ccc(CCN3CCN(C(=O)C4CCC(NC(=O)[C@@H]5NC6(CCCCC6)[C@@]6(C(=O)Nc7cc(Cl)ccc76)[C@H]5c5cccc(Cl)c5F)CC4)CC3)cc21. The number of nitrogens with one attached hydrogen (secondary N) is 4. The number of carbonyl (C=O) groups is 5. The number of aryl methyl sites for hydroxylation is 1. The van der Waals surface area contributed by atoms with Crippen molar-refractivity contribution in [2.24, 2.45) is 13.0 Å². The fraction of sp³-hybridized carbons (Fsp3) is 0.510. The van der Waals surface area contributed by atoms with Gasteiger partial charge in [0.1, 0.15) is 17.3 Å². The van der Waals surface area contributed by atoms with E-state index in [1.54, 1.807) is 35.9 Å². The average molecular weight is 942 g/mol. The van der Waals surface area contributed by atoms with E-state index < -0.39 is 40.7 Å². The Hall–Kier alpha value is -5.09. The number of hydrogen-bond donors (Lipinski definition) is 4. The van der Waals surface area contributed by atoms with Gasteiger partial charge in [0.05, 0.1) is 22.1 Å². The number of amides is 5. The van der Waals surface area contributed by atoms with Crippen LogP contribution in [0.3, 0.4) is 0 Å². The standard InChI is InChI=1S/C49H55Cl2FN8O6/c1-57-38-26-28(8-15-36(38)60(47(57)66)37-16-17-39(61)55-43(37)62)18-21-58-22-24-59(25-23-58)45(64)29-9-12-31(13-10-29)53-44(63)42-40(32-6-5-7-34(51)41(32)52)49(48(56-42)19-3-2-4-20-48)33-14-11-30(50)27-35(33)54-46(49)65/h5-8,11,14-15,26-27,29,31,37,40,42,56H,2-4,9-10,12-13,16-25H2,1H3,(H,53,63)(H,54,65)(H,55,61,62)/t29?,31?,37?,40-,42+,49+/m0/s1. The van der Waals surface area contributed by atoms with E-state index in [4.69, 9.17) is 23.2 Å². The van der Waals surface area contributed by atoms with E-state index in [0.29, 0.717) is 73.4 Å². The number of nitrogens with zero attached hydrogens (tertiary/aromatic N) is 4. The van der Waals surface area contributed by atoms with Crippen LogP contribution < -0.4 is 27.0 Å². The fourth-order valence-electron chi connectivity index (χ4n) is 12.5. The van der Waals surface area contributed by atoms with Crippen molar-refractivity contribution in [2.75, 3.05) is 38.0 Å². The molecule has 3 aromatic carbocycles. The first-order valence-corrected chi connectivity index (χ1v) is 24.2. The molecule has 1 unspecified atom stereocenters. The third-order valence-corrected chi connectivity index (χ3v) is 16.3. The summed E-state index contributed by atoms with van der Waals surface area (Å²) in [6.45, 7) is 3.52. The summed E-state index contributed by atoms with van der Waals surface area (Å²) in [4.78, 5) is 85.2. The van der Waals surface area contributed by atoms with Crippen LogP contribution in [-0.2, 0) is 42.9 Å². The van der Waals surface area contributed by atoms with Crippen molar-refractivity contribution >= 4 is 69.5 Å². The molecule has 66 heavy (non-hydrogen) atoms. The van der Waals surface area contributed by atoms with E-state index in [1.807, 2.05) is 29.2 Å². The Bertz CT molecular complexity index is 2700. The second-order valence-electron chi connectivity index (χ2n) is 19.3. The molecule has 5 heterocycles. The normalized spacial score (nSPS) is 27.6. The van der Waals surface area contributed by atoms with Crippen molar-refractivity contribution in [3.63, 3.8) is 0 Å². The second kappa shape index (κ2) is 17.5. The van der Waals surface area contributed by atoms with Crippen molar-refractivity contribution in [2.45, 2.75) is 112 Å². The molecule has 14 nitrogen and oxygen atoms in total. The lowest BCUT2D eigenvalue weighted by atomic mass is 9.55. The van der Waals surface area contributed by atoms with Crippen LogP contribution in [0.5, 0.6) is 0 Å². The van der Waals surface area contributed by atoms with Crippen molar-refractivity contribution in [1.82, 2.24) is 34.9 Å². The average Bonchev–Trinajstić information content (AvgIpc) is 3.87. The Kier molecular flexibility index (Phi) is 11.9. The number of benzene rings is 3. The van der Waals surface area contributed by atoms with Gasteiger partial charge in [-0.3, -0.25) is 48.6 Å². The zero-order chi connectivity index (χ0) is 46.1. The van der Waals surface area contributed by atoms with Gasteiger partial charge >= 0.3 is 5.69 Å². The number of halogens is 3. The van der Waals surface area contributed by atoms with Gasteiger partial charge in [-0.2, -0.15) is 0 Å². The molecule has 1 aromatic heterocycles. The summed E-state index contributed by atoms with van der Waals surface area (Å²) in [5, 5.41) is 12.8. The number of carbonyl (C=O) groups excluding carboxylic acids is 5. The highest BCUT2D eigenvalue weighted by molar-refractivity contribution is 6.31. The number of hydrogen-bond acceptors (Lipinski definition) is 8. The molecular weight excluding hydrogens is 886 g/mol. The van der Waals surface area contributed by atoms with Gasteiger partial charge in [-0.25, -0.2) is 9.18 Å². The van der Waals surface area contributed by atoms with Crippen LogP contribution in [0.25, 0.3) is 11.0 Å². The zero-order valence-electron chi connectivity index (χ0n) is 37.0. The molecule has 0 bridgehead atoms. The van der Waals surface area contributed by atoms with Gasteiger partial charge < -0.3 is 15.5 Å². The molecule has 4 atom stereocenters. The van der Waals surface area contributed by atoms with Crippen LogP contribution in [-0.4, -0.2) is 98.8 Å². The molecule has 2 saturated carbocycles. The number of rotatable bonds is 8. The number of anilines is 1. The lowest BCUT2D eigenvalue weighted by Gasteiger charge is -2.47. The second-order valence-corrected chi connectivity index (χ2v) is 20.2. The van der Waals surface area contributed by atoms with Crippen molar-refractivity contribution in [3.8, 4) is 0 Å². The minimum absolute atomic E-state index is 0.0730. The minimum Gasteiger partial charge on any atom is -0.352 e. The third kappa shape index (κ3) is 7.44. The van der Waals surface area contributed by atoms with Gasteiger partial charge in [-0.15, -0.1) is 0 Å². The first kappa shape index (κ1) is 44.7. The predicted molar refractivity (Wildman–Crippen MR) is 248 cm³/mol. The topological polar surface area (TPSA) is 167 Å². The quantitative estimate of drug-likeness (QED) is 0.169. The van der Waals surface area contributed by atoms with Gasteiger partial charge in [0, 0.05) is 80.3 Å². The maximum absolute atomic E-state index is 16.3. The highest BCUT2D eigenvalue weighted by Gasteiger charge is 2.72. The number of piperidine rings is 1. The molecule has 4 aliphatic heterocycles. The van der Waals surface area contributed by atoms with E-state index in [1.165, 1.54) is 10.6 Å². The number of aromatic nitrogens is 2. The summed E-state index contributed by atoms with van der Waals surface area (Å²) in [7, 11) is 1.69. The molecule has 4 N–H and O–H groups in total. The Balaban J connectivity index is 0.770. The predicted octanol–water partition coefficient (Wildman–Crippen LogP) is 5.47.